The van der Waals surface area contributed by atoms with Crippen LogP contribution in [0.2, 0.25) is 0 Å². The average molecular weight is 297 g/mol. The molecule has 1 aromatic carbocycles. The second-order valence-electron chi connectivity index (χ2n) is 6.80. The van der Waals surface area contributed by atoms with Crippen molar-refractivity contribution in [2.24, 2.45) is 0 Å². The zero-order chi connectivity index (χ0) is 15.3. The molecule has 0 radical (unpaired) electrons. The number of hydrogen-bond acceptors (Lipinski definition) is 3. The van der Waals surface area contributed by atoms with Crippen LogP contribution < -0.4 is 0 Å². The first-order valence-corrected chi connectivity index (χ1v) is 8.74. The molecule has 0 aromatic heterocycles. The van der Waals surface area contributed by atoms with Gasteiger partial charge in [-0.15, -0.1) is 0 Å². The molecule has 3 heteroatoms. The maximum atomic E-state index is 9.74. The van der Waals surface area contributed by atoms with Gasteiger partial charge in [0, 0.05) is 26.2 Å². The number of likely N-dealkylation sites (tertiary alicyclic amines) is 2. The van der Waals surface area contributed by atoms with Gasteiger partial charge in [-0.2, -0.15) is 5.26 Å². The first-order chi connectivity index (χ1) is 10.8. The van der Waals surface area contributed by atoms with E-state index in [1.807, 2.05) is 6.07 Å². The fourth-order valence-electron chi connectivity index (χ4n) is 3.85. The molecule has 0 N–H and O–H groups in total. The number of hydrogen-bond donors (Lipinski definition) is 0. The summed E-state index contributed by atoms with van der Waals surface area (Å²) in [5.41, 5.74) is 0.941. The molecular formula is C19H27N3. The van der Waals surface area contributed by atoms with Crippen LogP contribution in [0.15, 0.2) is 30.3 Å². The summed E-state index contributed by atoms with van der Waals surface area (Å²) in [7, 11) is 0. The largest absolute Gasteiger partial charge is 0.302 e. The number of piperidine rings is 2. The first kappa shape index (κ1) is 15.5. The summed E-state index contributed by atoms with van der Waals surface area (Å²) in [6, 6.07) is 13.0. The minimum Gasteiger partial charge on any atom is -0.302 e. The Labute approximate surface area is 134 Å². The first-order valence-electron chi connectivity index (χ1n) is 8.74. The molecule has 22 heavy (non-hydrogen) atoms. The molecular weight excluding hydrogens is 270 g/mol. The lowest BCUT2D eigenvalue weighted by Gasteiger charge is -2.38. The Hall–Kier alpha value is -1.37. The van der Waals surface area contributed by atoms with E-state index in [0.29, 0.717) is 0 Å². The minimum atomic E-state index is -0.261. The Morgan fingerprint density at radius 3 is 2.05 bits per heavy atom. The average Bonchev–Trinajstić information content (AvgIpc) is 2.62. The van der Waals surface area contributed by atoms with Gasteiger partial charge in [0.05, 0.1) is 11.5 Å². The van der Waals surface area contributed by atoms with E-state index >= 15 is 0 Å². The summed E-state index contributed by atoms with van der Waals surface area (Å²) in [6.07, 6.45) is 6.07. The fraction of sp³-hybridized carbons (Fsp3) is 0.632. The molecule has 3 nitrogen and oxygen atoms in total. The van der Waals surface area contributed by atoms with Crippen molar-refractivity contribution < 1.29 is 0 Å². The zero-order valence-electron chi connectivity index (χ0n) is 13.5. The highest BCUT2D eigenvalue weighted by atomic mass is 15.2. The maximum absolute atomic E-state index is 9.74. The molecule has 2 fully saturated rings. The van der Waals surface area contributed by atoms with Crippen LogP contribution in [0.5, 0.6) is 0 Å². The zero-order valence-corrected chi connectivity index (χ0v) is 13.5. The Morgan fingerprint density at radius 2 is 1.45 bits per heavy atom. The predicted molar refractivity (Wildman–Crippen MR) is 89.7 cm³/mol. The number of nitrogens with zero attached hydrogens (tertiary/aromatic N) is 3. The van der Waals surface area contributed by atoms with E-state index in [9.17, 15) is 5.26 Å². The van der Waals surface area contributed by atoms with Crippen LogP contribution in [0, 0.1) is 11.3 Å². The van der Waals surface area contributed by atoms with E-state index in [2.05, 4.69) is 40.1 Å². The van der Waals surface area contributed by atoms with Gasteiger partial charge in [0.15, 0.2) is 0 Å². The van der Waals surface area contributed by atoms with Crippen molar-refractivity contribution in [3.8, 4) is 6.07 Å². The molecule has 2 heterocycles. The molecule has 2 saturated heterocycles. The molecule has 2 aliphatic rings. The quantitative estimate of drug-likeness (QED) is 0.856. The molecule has 0 aliphatic carbocycles. The fourth-order valence-corrected chi connectivity index (χ4v) is 3.85. The van der Waals surface area contributed by atoms with E-state index < -0.39 is 0 Å². The SMILES string of the molecule is N#CC1(c2ccccc2)CCN(CCN2CCCCC2)CC1. The van der Waals surface area contributed by atoms with Crippen molar-refractivity contribution in [1.29, 1.82) is 5.26 Å². The maximum Gasteiger partial charge on any atom is 0.0846 e. The van der Waals surface area contributed by atoms with Gasteiger partial charge in [0.2, 0.25) is 0 Å². The summed E-state index contributed by atoms with van der Waals surface area (Å²) in [6.45, 7) is 7.02. The normalized spacial score (nSPS) is 23.0. The van der Waals surface area contributed by atoms with Crippen LogP contribution in [0.4, 0.5) is 0 Å². The summed E-state index contributed by atoms with van der Waals surface area (Å²) in [4.78, 5) is 5.15. The standard InChI is InChI=1S/C19H27N3/c20-17-19(18-7-3-1-4-8-18)9-13-22(14-10-19)16-15-21-11-5-2-6-12-21/h1,3-4,7-8H,2,5-6,9-16H2. The molecule has 0 spiro atoms. The smallest absolute Gasteiger partial charge is 0.0846 e. The topological polar surface area (TPSA) is 30.3 Å². The van der Waals surface area contributed by atoms with E-state index in [-0.39, 0.29) is 5.41 Å². The molecule has 0 atom stereocenters. The van der Waals surface area contributed by atoms with Crippen molar-refractivity contribution in [3.05, 3.63) is 35.9 Å². The number of rotatable bonds is 4. The second kappa shape index (κ2) is 7.26. The van der Waals surface area contributed by atoms with Crippen molar-refractivity contribution in [1.82, 2.24) is 9.80 Å². The molecule has 1 aromatic rings. The van der Waals surface area contributed by atoms with Crippen LogP contribution in [0.3, 0.4) is 0 Å². The van der Waals surface area contributed by atoms with Gasteiger partial charge in [-0.25, -0.2) is 0 Å². The Kier molecular flexibility index (Phi) is 5.12. The minimum absolute atomic E-state index is 0.261. The Bertz CT molecular complexity index is 491. The molecule has 0 bridgehead atoms. The number of benzene rings is 1. The third-order valence-corrected chi connectivity index (χ3v) is 5.43. The van der Waals surface area contributed by atoms with Gasteiger partial charge in [-0.05, 0) is 44.3 Å². The molecule has 0 amide bonds. The van der Waals surface area contributed by atoms with Crippen molar-refractivity contribution in [2.75, 3.05) is 39.3 Å². The van der Waals surface area contributed by atoms with Gasteiger partial charge < -0.3 is 9.80 Å². The van der Waals surface area contributed by atoms with Crippen LogP contribution in [-0.2, 0) is 5.41 Å². The van der Waals surface area contributed by atoms with Crippen LogP contribution in [0.1, 0.15) is 37.7 Å². The third-order valence-electron chi connectivity index (χ3n) is 5.43. The van der Waals surface area contributed by atoms with Gasteiger partial charge in [0.25, 0.3) is 0 Å². The molecule has 0 saturated carbocycles. The summed E-state index contributed by atoms with van der Waals surface area (Å²) < 4.78 is 0. The molecule has 0 unspecified atom stereocenters. The third kappa shape index (κ3) is 3.51. The predicted octanol–water partition coefficient (Wildman–Crippen LogP) is 3.03. The van der Waals surface area contributed by atoms with Gasteiger partial charge in [0.1, 0.15) is 0 Å². The van der Waals surface area contributed by atoms with Crippen molar-refractivity contribution >= 4 is 0 Å². The summed E-state index contributed by atoms with van der Waals surface area (Å²) in [5, 5.41) is 9.74. The van der Waals surface area contributed by atoms with Crippen molar-refractivity contribution in [2.45, 2.75) is 37.5 Å². The lowest BCUT2D eigenvalue weighted by molar-refractivity contribution is 0.146. The van der Waals surface area contributed by atoms with E-state index in [1.165, 1.54) is 44.5 Å². The molecule has 118 valence electrons. The van der Waals surface area contributed by atoms with E-state index in [4.69, 9.17) is 0 Å². The second-order valence-corrected chi connectivity index (χ2v) is 6.80. The molecule has 3 rings (SSSR count). The van der Waals surface area contributed by atoms with E-state index in [1.54, 1.807) is 0 Å². The van der Waals surface area contributed by atoms with Crippen molar-refractivity contribution in [3.63, 3.8) is 0 Å². The lowest BCUT2D eigenvalue weighted by atomic mass is 9.74. The van der Waals surface area contributed by atoms with Crippen LogP contribution in [0.25, 0.3) is 0 Å². The number of nitriles is 1. The highest BCUT2D eigenvalue weighted by Gasteiger charge is 2.36. The van der Waals surface area contributed by atoms with Crippen LogP contribution in [-0.4, -0.2) is 49.1 Å². The molecule has 2 aliphatic heterocycles. The lowest BCUT2D eigenvalue weighted by Crippen LogP contribution is -2.45. The summed E-state index contributed by atoms with van der Waals surface area (Å²) in [5.74, 6) is 0. The highest BCUT2D eigenvalue weighted by molar-refractivity contribution is 5.33. The van der Waals surface area contributed by atoms with Gasteiger partial charge >= 0.3 is 0 Å². The highest BCUT2D eigenvalue weighted by Crippen LogP contribution is 2.34. The van der Waals surface area contributed by atoms with Gasteiger partial charge in [-0.3, -0.25) is 0 Å². The Morgan fingerprint density at radius 1 is 0.864 bits per heavy atom. The Balaban J connectivity index is 1.52. The summed E-state index contributed by atoms with van der Waals surface area (Å²) >= 11 is 0. The van der Waals surface area contributed by atoms with Crippen LogP contribution >= 0.6 is 0 Å². The van der Waals surface area contributed by atoms with Gasteiger partial charge in [-0.1, -0.05) is 36.8 Å². The van der Waals surface area contributed by atoms with E-state index in [0.717, 1.165) is 32.5 Å². The monoisotopic (exact) mass is 297 g/mol.